The van der Waals surface area contributed by atoms with Gasteiger partial charge in [-0.25, -0.2) is 12.8 Å². The first-order valence-electron chi connectivity index (χ1n) is 11.0. The Hall–Kier alpha value is -2.65. The van der Waals surface area contributed by atoms with Crippen molar-refractivity contribution in [2.75, 3.05) is 17.1 Å². The van der Waals surface area contributed by atoms with E-state index in [-0.39, 0.29) is 43.8 Å². The maximum absolute atomic E-state index is 13.3. The van der Waals surface area contributed by atoms with Crippen molar-refractivity contribution in [3.8, 4) is 0 Å². The van der Waals surface area contributed by atoms with Gasteiger partial charge in [0, 0.05) is 30.6 Å². The zero-order valence-corrected chi connectivity index (χ0v) is 21.4. The van der Waals surface area contributed by atoms with Gasteiger partial charge >= 0.3 is 0 Å². The van der Waals surface area contributed by atoms with Crippen molar-refractivity contribution in [1.82, 2.24) is 10.2 Å². The predicted octanol–water partition coefficient (Wildman–Crippen LogP) is 3.97. The summed E-state index contributed by atoms with van der Waals surface area (Å²) in [6.45, 7) is 5.50. The number of carbonyl (C=O) groups excluding carboxylic acids is 2. The predicted molar refractivity (Wildman–Crippen MR) is 133 cm³/mol. The highest BCUT2D eigenvalue weighted by molar-refractivity contribution is 7.92. The van der Waals surface area contributed by atoms with Crippen LogP contribution in [0.15, 0.2) is 48.5 Å². The molecule has 0 unspecified atom stereocenters. The second-order valence-corrected chi connectivity index (χ2v) is 10.7. The summed E-state index contributed by atoms with van der Waals surface area (Å²) in [6, 6.07) is 11.3. The fourth-order valence-electron chi connectivity index (χ4n) is 3.39. The van der Waals surface area contributed by atoms with Crippen molar-refractivity contribution >= 4 is 39.1 Å². The number of nitrogens with one attached hydrogen (secondary N) is 1. The van der Waals surface area contributed by atoms with E-state index in [1.54, 1.807) is 43.3 Å². The average molecular weight is 512 g/mol. The van der Waals surface area contributed by atoms with Crippen molar-refractivity contribution < 1.29 is 22.4 Å². The van der Waals surface area contributed by atoms with Gasteiger partial charge in [-0.3, -0.25) is 13.9 Å². The first-order chi connectivity index (χ1) is 15.9. The molecule has 1 atom stereocenters. The fourth-order valence-corrected chi connectivity index (χ4v) is 4.48. The van der Waals surface area contributed by atoms with Crippen LogP contribution in [0.3, 0.4) is 0 Å². The molecule has 0 aromatic heterocycles. The lowest BCUT2D eigenvalue weighted by molar-refractivity contribution is -0.140. The first-order valence-corrected chi connectivity index (χ1v) is 13.2. The van der Waals surface area contributed by atoms with Crippen LogP contribution in [0.5, 0.6) is 0 Å². The van der Waals surface area contributed by atoms with Crippen LogP contribution in [-0.2, 0) is 26.2 Å². The number of rotatable bonds is 11. The summed E-state index contributed by atoms with van der Waals surface area (Å²) in [5.74, 6) is -1.00. The minimum absolute atomic E-state index is 0.0279. The molecule has 0 bridgehead atoms. The van der Waals surface area contributed by atoms with E-state index >= 15 is 0 Å². The van der Waals surface area contributed by atoms with E-state index < -0.39 is 21.9 Å². The maximum atomic E-state index is 13.3. The third-order valence-electron chi connectivity index (χ3n) is 5.13. The number of anilines is 1. The molecule has 7 nitrogen and oxygen atoms in total. The van der Waals surface area contributed by atoms with Gasteiger partial charge in [-0.1, -0.05) is 23.7 Å². The van der Waals surface area contributed by atoms with Crippen LogP contribution in [0, 0.1) is 5.82 Å². The molecule has 186 valence electrons. The number of halogens is 2. The second kappa shape index (κ2) is 12.2. The Morgan fingerprint density at radius 1 is 1.03 bits per heavy atom. The van der Waals surface area contributed by atoms with E-state index in [1.807, 2.05) is 13.8 Å². The number of hydrogen-bond acceptors (Lipinski definition) is 4. The molecule has 0 fully saturated rings. The van der Waals surface area contributed by atoms with E-state index in [0.29, 0.717) is 16.3 Å². The summed E-state index contributed by atoms with van der Waals surface area (Å²) >= 11 is 5.90. The third kappa shape index (κ3) is 8.29. The van der Waals surface area contributed by atoms with Gasteiger partial charge in [-0.15, -0.1) is 0 Å². The Morgan fingerprint density at radius 3 is 2.15 bits per heavy atom. The lowest BCUT2D eigenvalue weighted by Crippen LogP contribution is -2.49. The Balaban J connectivity index is 2.15. The molecule has 0 saturated carbocycles. The Morgan fingerprint density at radius 2 is 1.62 bits per heavy atom. The largest absolute Gasteiger partial charge is 0.352 e. The van der Waals surface area contributed by atoms with Crippen LogP contribution < -0.4 is 9.62 Å². The molecule has 2 rings (SSSR count). The molecule has 2 aromatic carbocycles. The van der Waals surface area contributed by atoms with Gasteiger partial charge in [-0.2, -0.15) is 0 Å². The smallest absolute Gasteiger partial charge is 0.242 e. The van der Waals surface area contributed by atoms with E-state index in [2.05, 4.69) is 5.32 Å². The standard InChI is InChI=1S/C24H31ClFN3O4S/c1-17(2)27-24(31)18(3)28(16-19-7-11-21(26)12-8-19)23(30)6-5-15-29(34(4,32)33)22-13-9-20(25)10-14-22/h7-14,17-18H,5-6,15-16H2,1-4H3,(H,27,31)/t18-/m1/s1. The van der Waals surface area contributed by atoms with E-state index in [0.717, 1.165) is 6.26 Å². The molecule has 0 aliphatic carbocycles. The summed E-state index contributed by atoms with van der Waals surface area (Å²) in [7, 11) is -3.58. The van der Waals surface area contributed by atoms with Gasteiger partial charge in [-0.05, 0) is 69.2 Å². The summed E-state index contributed by atoms with van der Waals surface area (Å²) in [6.07, 6.45) is 1.37. The summed E-state index contributed by atoms with van der Waals surface area (Å²) in [5.41, 5.74) is 1.13. The van der Waals surface area contributed by atoms with Crippen LogP contribution >= 0.6 is 11.6 Å². The van der Waals surface area contributed by atoms with Gasteiger partial charge in [0.1, 0.15) is 11.9 Å². The molecule has 0 saturated heterocycles. The zero-order chi connectivity index (χ0) is 25.5. The fraction of sp³-hybridized carbons (Fsp3) is 0.417. The molecule has 2 aromatic rings. The van der Waals surface area contributed by atoms with Gasteiger partial charge in [0.25, 0.3) is 0 Å². The van der Waals surface area contributed by atoms with Crippen molar-refractivity contribution in [3.05, 3.63) is 64.9 Å². The first kappa shape index (κ1) is 27.6. The summed E-state index contributed by atoms with van der Waals surface area (Å²) < 4.78 is 39.1. The van der Waals surface area contributed by atoms with Crippen LogP contribution in [0.2, 0.25) is 5.02 Å². The monoisotopic (exact) mass is 511 g/mol. The summed E-state index contributed by atoms with van der Waals surface area (Å²) in [4.78, 5) is 27.2. The van der Waals surface area contributed by atoms with Gasteiger partial charge in [0.2, 0.25) is 21.8 Å². The van der Waals surface area contributed by atoms with E-state index in [9.17, 15) is 22.4 Å². The lowest BCUT2D eigenvalue weighted by Gasteiger charge is -2.30. The quantitative estimate of drug-likeness (QED) is 0.494. The molecule has 0 heterocycles. The Bertz CT molecular complexity index is 1080. The van der Waals surface area contributed by atoms with Gasteiger partial charge in [0.15, 0.2) is 0 Å². The number of benzene rings is 2. The molecule has 2 amide bonds. The van der Waals surface area contributed by atoms with Crippen LogP contribution in [0.1, 0.15) is 39.2 Å². The van der Waals surface area contributed by atoms with Gasteiger partial charge in [0.05, 0.1) is 11.9 Å². The maximum Gasteiger partial charge on any atom is 0.242 e. The average Bonchev–Trinajstić information content (AvgIpc) is 2.75. The highest BCUT2D eigenvalue weighted by Crippen LogP contribution is 2.21. The van der Waals surface area contributed by atoms with Crippen LogP contribution in [0.25, 0.3) is 0 Å². The molecule has 10 heteroatoms. The van der Waals surface area contributed by atoms with Crippen LogP contribution in [0.4, 0.5) is 10.1 Å². The summed E-state index contributed by atoms with van der Waals surface area (Å²) in [5, 5.41) is 3.29. The molecule has 0 spiro atoms. The number of amides is 2. The topological polar surface area (TPSA) is 86.8 Å². The van der Waals surface area contributed by atoms with Crippen LogP contribution in [-0.4, -0.2) is 50.0 Å². The molecular weight excluding hydrogens is 481 g/mol. The molecule has 0 aliphatic heterocycles. The highest BCUT2D eigenvalue weighted by Gasteiger charge is 2.27. The Labute approximate surface area is 205 Å². The molecule has 1 N–H and O–H groups in total. The minimum atomic E-state index is -3.58. The van der Waals surface area contributed by atoms with Crippen molar-refractivity contribution in [2.45, 2.75) is 52.2 Å². The molecular formula is C24H31ClFN3O4S. The number of hydrogen-bond donors (Lipinski definition) is 1. The molecule has 0 radical (unpaired) electrons. The molecule has 34 heavy (non-hydrogen) atoms. The van der Waals surface area contributed by atoms with Gasteiger partial charge < -0.3 is 10.2 Å². The number of sulfonamides is 1. The normalized spacial score (nSPS) is 12.3. The second-order valence-electron chi connectivity index (χ2n) is 8.40. The minimum Gasteiger partial charge on any atom is -0.352 e. The number of carbonyl (C=O) groups is 2. The van der Waals surface area contributed by atoms with E-state index in [1.165, 1.54) is 21.3 Å². The van der Waals surface area contributed by atoms with Crippen molar-refractivity contribution in [1.29, 1.82) is 0 Å². The number of nitrogens with zero attached hydrogens (tertiary/aromatic N) is 2. The zero-order valence-electron chi connectivity index (χ0n) is 19.8. The van der Waals surface area contributed by atoms with E-state index in [4.69, 9.17) is 11.6 Å². The third-order valence-corrected chi connectivity index (χ3v) is 6.58. The van der Waals surface area contributed by atoms with Crippen molar-refractivity contribution in [3.63, 3.8) is 0 Å². The lowest BCUT2D eigenvalue weighted by atomic mass is 10.1. The molecule has 0 aliphatic rings. The SMILES string of the molecule is CC(C)NC(=O)[C@@H](C)N(Cc1ccc(F)cc1)C(=O)CCCN(c1ccc(Cl)cc1)S(C)(=O)=O. The Kier molecular flexibility index (Phi) is 9.88. The highest BCUT2D eigenvalue weighted by atomic mass is 35.5. The van der Waals surface area contributed by atoms with Crippen molar-refractivity contribution in [2.24, 2.45) is 0 Å².